The summed E-state index contributed by atoms with van der Waals surface area (Å²) in [6, 6.07) is 7.81. The van der Waals surface area contributed by atoms with Crippen LogP contribution in [-0.4, -0.2) is 21.2 Å². The molecule has 0 radical (unpaired) electrons. The molecule has 1 aromatic heterocycles. The molecule has 0 spiro atoms. The molecular weight excluding hydrogens is 272 g/mol. The number of nitrogens with zero attached hydrogens (tertiary/aromatic N) is 3. The van der Waals surface area contributed by atoms with Gasteiger partial charge in [-0.2, -0.15) is 5.10 Å². The fraction of sp³-hybridized carbons (Fsp3) is 0.286. The highest BCUT2D eigenvalue weighted by molar-refractivity contribution is 5.60. The molecule has 2 aromatic rings. The number of nitrogens with one attached hydrogen (secondary N) is 1. The molecule has 0 atom stereocenters. The molecule has 7 nitrogen and oxygen atoms in total. The van der Waals surface area contributed by atoms with Gasteiger partial charge in [-0.25, -0.2) is 4.68 Å². The van der Waals surface area contributed by atoms with Crippen molar-refractivity contribution in [3.63, 3.8) is 0 Å². The number of aromatic nitrogens is 2. The molecule has 1 heterocycles. The predicted octanol–water partition coefficient (Wildman–Crippen LogP) is 1.46. The summed E-state index contributed by atoms with van der Waals surface area (Å²) in [4.78, 5) is 22.2. The summed E-state index contributed by atoms with van der Waals surface area (Å²) >= 11 is 0. The second-order valence-electron chi connectivity index (χ2n) is 4.57. The number of non-ortho nitro benzene ring substituents is 1. The van der Waals surface area contributed by atoms with Crippen LogP contribution in [0.4, 0.5) is 5.69 Å². The lowest BCUT2D eigenvalue weighted by atomic mass is 10.1. The molecule has 0 bridgehead atoms. The van der Waals surface area contributed by atoms with E-state index in [9.17, 15) is 14.9 Å². The molecule has 2 rings (SSSR count). The Balaban J connectivity index is 2.41. The van der Waals surface area contributed by atoms with Crippen LogP contribution in [0.15, 0.2) is 35.1 Å². The van der Waals surface area contributed by atoms with Gasteiger partial charge in [0.2, 0.25) is 0 Å². The van der Waals surface area contributed by atoms with Gasteiger partial charge in [0.25, 0.3) is 11.2 Å². The van der Waals surface area contributed by atoms with Crippen LogP contribution in [0.3, 0.4) is 0 Å². The van der Waals surface area contributed by atoms with Gasteiger partial charge in [-0.1, -0.05) is 6.92 Å². The number of benzene rings is 1. The third-order valence-electron chi connectivity index (χ3n) is 3.08. The van der Waals surface area contributed by atoms with Crippen molar-refractivity contribution in [3.05, 3.63) is 56.4 Å². The van der Waals surface area contributed by atoms with Crippen LogP contribution in [0.5, 0.6) is 0 Å². The molecular formula is C14H16N4O3. The SMILES string of the molecule is CCNCc1cc(-c2ccc([N+](=O)[O-])cc2)nn(C)c1=O. The van der Waals surface area contributed by atoms with Crippen LogP contribution < -0.4 is 10.9 Å². The maximum Gasteiger partial charge on any atom is 0.271 e. The van der Waals surface area contributed by atoms with E-state index in [0.717, 1.165) is 12.1 Å². The van der Waals surface area contributed by atoms with E-state index in [2.05, 4.69) is 10.4 Å². The molecule has 0 saturated heterocycles. The van der Waals surface area contributed by atoms with E-state index in [0.29, 0.717) is 17.8 Å². The fourth-order valence-corrected chi connectivity index (χ4v) is 1.95. The number of hydrogen-bond donors (Lipinski definition) is 1. The highest BCUT2D eigenvalue weighted by Crippen LogP contribution is 2.20. The van der Waals surface area contributed by atoms with Crippen LogP contribution >= 0.6 is 0 Å². The highest BCUT2D eigenvalue weighted by Gasteiger charge is 2.10. The van der Waals surface area contributed by atoms with Crippen molar-refractivity contribution in [2.24, 2.45) is 7.05 Å². The Morgan fingerprint density at radius 2 is 2.00 bits per heavy atom. The van der Waals surface area contributed by atoms with Gasteiger partial charge in [0.15, 0.2) is 0 Å². The van der Waals surface area contributed by atoms with E-state index in [1.165, 1.54) is 16.8 Å². The molecule has 0 amide bonds. The van der Waals surface area contributed by atoms with Crippen LogP contribution in [0.25, 0.3) is 11.3 Å². The van der Waals surface area contributed by atoms with E-state index < -0.39 is 4.92 Å². The molecule has 0 fully saturated rings. The second-order valence-corrected chi connectivity index (χ2v) is 4.57. The van der Waals surface area contributed by atoms with Gasteiger partial charge in [-0.15, -0.1) is 0 Å². The third-order valence-corrected chi connectivity index (χ3v) is 3.08. The quantitative estimate of drug-likeness (QED) is 0.664. The molecule has 0 saturated carbocycles. The summed E-state index contributed by atoms with van der Waals surface area (Å²) < 4.78 is 1.28. The van der Waals surface area contributed by atoms with Crippen molar-refractivity contribution < 1.29 is 4.92 Å². The smallest absolute Gasteiger partial charge is 0.271 e. The highest BCUT2D eigenvalue weighted by atomic mass is 16.6. The molecule has 1 aromatic carbocycles. The zero-order chi connectivity index (χ0) is 15.4. The summed E-state index contributed by atoms with van der Waals surface area (Å²) in [6.45, 7) is 3.19. The van der Waals surface area contributed by atoms with Crippen molar-refractivity contribution in [2.45, 2.75) is 13.5 Å². The Labute approximate surface area is 121 Å². The monoisotopic (exact) mass is 288 g/mol. The van der Waals surface area contributed by atoms with Crippen molar-refractivity contribution in [3.8, 4) is 11.3 Å². The van der Waals surface area contributed by atoms with E-state index in [4.69, 9.17) is 0 Å². The number of hydrogen-bond acceptors (Lipinski definition) is 5. The summed E-state index contributed by atoms with van der Waals surface area (Å²) in [7, 11) is 1.59. The molecule has 1 N–H and O–H groups in total. The van der Waals surface area contributed by atoms with Crippen LogP contribution in [-0.2, 0) is 13.6 Å². The summed E-state index contributed by atoms with van der Waals surface area (Å²) in [5, 5.41) is 18.0. The van der Waals surface area contributed by atoms with Crippen LogP contribution in [0.1, 0.15) is 12.5 Å². The van der Waals surface area contributed by atoms with Crippen molar-refractivity contribution in [2.75, 3.05) is 6.54 Å². The first kappa shape index (κ1) is 14.9. The Kier molecular flexibility index (Phi) is 4.44. The number of nitro benzene ring substituents is 1. The lowest BCUT2D eigenvalue weighted by Gasteiger charge is -2.08. The van der Waals surface area contributed by atoms with Gasteiger partial charge >= 0.3 is 0 Å². The predicted molar refractivity (Wildman–Crippen MR) is 78.9 cm³/mol. The molecule has 0 aliphatic carbocycles. The summed E-state index contributed by atoms with van der Waals surface area (Å²) in [6.07, 6.45) is 0. The van der Waals surface area contributed by atoms with Crippen molar-refractivity contribution >= 4 is 5.69 Å². The van der Waals surface area contributed by atoms with E-state index in [1.807, 2.05) is 6.92 Å². The molecule has 0 unspecified atom stereocenters. The van der Waals surface area contributed by atoms with Gasteiger partial charge in [0.1, 0.15) is 0 Å². The van der Waals surface area contributed by atoms with Crippen LogP contribution in [0, 0.1) is 10.1 Å². The molecule has 0 aliphatic heterocycles. The van der Waals surface area contributed by atoms with Gasteiger partial charge < -0.3 is 5.32 Å². The Hall–Kier alpha value is -2.54. The minimum atomic E-state index is -0.450. The van der Waals surface area contributed by atoms with Crippen molar-refractivity contribution in [1.82, 2.24) is 15.1 Å². The maximum absolute atomic E-state index is 12.0. The normalized spacial score (nSPS) is 10.6. The summed E-state index contributed by atoms with van der Waals surface area (Å²) in [5.41, 5.74) is 1.83. The number of rotatable bonds is 5. The zero-order valence-corrected chi connectivity index (χ0v) is 11.9. The lowest BCUT2D eigenvalue weighted by molar-refractivity contribution is -0.384. The average Bonchev–Trinajstić information content (AvgIpc) is 2.48. The van der Waals surface area contributed by atoms with Gasteiger partial charge in [-0.05, 0) is 24.7 Å². The zero-order valence-electron chi connectivity index (χ0n) is 11.9. The minimum absolute atomic E-state index is 0.0245. The van der Waals surface area contributed by atoms with Crippen molar-refractivity contribution in [1.29, 1.82) is 0 Å². The third kappa shape index (κ3) is 3.32. The largest absolute Gasteiger partial charge is 0.313 e. The van der Waals surface area contributed by atoms with Gasteiger partial charge in [0.05, 0.1) is 10.6 Å². The first-order valence-corrected chi connectivity index (χ1v) is 6.55. The van der Waals surface area contributed by atoms with Crippen LogP contribution in [0.2, 0.25) is 0 Å². The minimum Gasteiger partial charge on any atom is -0.313 e. The van der Waals surface area contributed by atoms with Gasteiger partial charge in [-0.3, -0.25) is 14.9 Å². The fourth-order valence-electron chi connectivity index (χ4n) is 1.95. The average molecular weight is 288 g/mol. The second kappa shape index (κ2) is 6.27. The van der Waals surface area contributed by atoms with Gasteiger partial charge in [0, 0.05) is 36.9 Å². The Morgan fingerprint density at radius 1 is 1.33 bits per heavy atom. The first-order valence-electron chi connectivity index (χ1n) is 6.55. The summed E-state index contributed by atoms with van der Waals surface area (Å²) in [5.74, 6) is 0. The first-order chi connectivity index (χ1) is 10.0. The molecule has 0 aliphatic rings. The number of nitro groups is 1. The Morgan fingerprint density at radius 3 is 2.57 bits per heavy atom. The van der Waals surface area contributed by atoms with E-state index >= 15 is 0 Å². The van der Waals surface area contributed by atoms with E-state index in [1.54, 1.807) is 25.2 Å². The molecule has 110 valence electrons. The lowest BCUT2D eigenvalue weighted by Crippen LogP contribution is -2.27. The molecule has 7 heteroatoms. The standard InChI is InChI=1S/C14H16N4O3/c1-3-15-9-11-8-13(16-17(2)14(11)19)10-4-6-12(7-5-10)18(20)21/h4-8,15H,3,9H2,1-2H3. The number of aryl methyl sites for hydroxylation is 1. The Bertz CT molecular complexity index is 707. The van der Waals surface area contributed by atoms with E-state index in [-0.39, 0.29) is 11.2 Å². The molecule has 21 heavy (non-hydrogen) atoms. The topological polar surface area (TPSA) is 90.1 Å². The maximum atomic E-state index is 12.0.